The molecule has 3 N–H and O–H groups in total. The summed E-state index contributed by atoms with van der Waals surface area (Å²) in [5.74, 6) is 1.76. The van der Waals surface area contributed by atoms with Crippen molar-refractivity contribution in [2.24, 2.45) is 5.73 Å². The van der Waals surface area contributed by atoms with E-state index in [1.807, 2.05) is 25.1 Å². The molecule has 0 aliphatic rings. The summed E-state index contributed by atoms with van der Waals surface area (Å²) in [5, 5.41) is 2.90. The summed E-state index contributed by atoms with van der Waals surface area (Å²) in [6.07, 6.45) is 0.909. The maximum absolute atomic E-state index is 12.5. The molecule has 0 saturated heterocycles. The van der Waals surface area contributed by atoms with E-state index in [1.165, 1.54) is 0 Å². The lowest BCUT2D eigenvalue weighted by atomic mass is 10.1. The topological polar surface area (TPSA) is 99.9 Å². The van der Waals surface area contributed by atoms with Crippen LogP contribution in [0.2, 0.25) is 0 Å². The van der Waals surface area contributed by atoms with E-state index in [1.54, 1.807) is 55.6 Å². The molecule has 3 aromatic carbocycles. The Hall–Kier alpha value is -4.00. The molecule has 0 bridgehead atoms. The third-order valence-corrected chi connectivity index (χ3v) is 4.63. The summed E-state index contributed by atoms with van der Waals surface area (Å²) in [6, 6.07) is 18.9. The number of nitrogens with two attached hydrogens (primary N) is 1. The Morgan fingerprint density at radius 3 is 2.06 bits per heavy atom. The summed E-state index contributed by atoms with van der Waals surface area (Å²) in [5.41, 5.74) is 7.05. The van der Waals surface area contributed by atoms with Crippen LogP contribution in [0.5, 0.6) is 23.0 Å². The molecule has 7 heteroatoms. The molecular formula is C25H26N2O5. The number of ether oxygens (including phenoxy) is 3. The number of benzene rings is 3. The van der Waals surface area contributed by atoms with Gasteiger partial charge in [0.2, 0.25) is 5.91 Å². The Labute approximate surface area is 187 Å². The molecule has 0 unspecified atom stereocenters. The molecule has 166 valence electrons. The minimum atomic E-state index is -0.494. The monoisotopic (exact) mass is 434 g/mol. The van der Waals surface area contributed by atoms with Crippen molar-refractivity contribution in [3.63, 3.8) is 0 Å². The molecule has 0 heterocycles. The van der Waals surface area contributed by atoms with Gasteiger partial charge in [-0.2, -0.15) is 0 Å². The highest BCUT2D eigenvalue weighted by molar-refractivity contribution is 5.94. The lowest BCUT2D eigenvalue weighted by Gasteiger charge is -2.12. The summed E-state index contributed by atoms with van der Waals surface area (Å²) < 4.78 is 16.8. The van der Waals surface area contributed by atoms with E-state index in [9.17, 15) is 9.59 Å². The van der Waals surface area contributed by atoms with E-state index in [0.29, 0.717) is 47.3 Å². The average molecular weight is 434 g/mol. The first-order valence-corrected chi connectivity index (χ1v) is 10.3. The quantitative estimate of drug-likeness (QED) is 0.495. The van der Waals surface area contributed by atoms with Gasteiger partial charge in [-0.15, -0.1) is 0 Å². The van der Waals surface area contributed by atoms with Crippen molar-refractivity contribution in [2.45, 2.75) is 19.9 Å². The number of carbonyl (C=O) groups excluding carboxylic acids is 2. The fourth-order valence-electron chi connectivity index (χ4n) is 2.94. The largest absolute Gasteiger partial charge is 0.493 e. The maximum Gasteiger partial charge on any atom is 0.251 e. The lowest BCUT2D eigenvalue weighted by Crippen LogP contribution is -2.22. The Balaban J connectivity index is 1.57. The van der Waals surface area contributed by atoms with E-state index < -0.39 is 5.91 Å². The number of amides is 2. The van der Waals surface area contributed by atoms with Crippen LogP contribution < -0.4 is 25.3 Å². The van der Waals surface area contributed by atoms with Crippen molar-refractivity contribution < 1.29 is 23.8 Å². The molecule has 7 nitrogen and oxygen atoms in total. The highest BCUT2D eigenvalue weighted by atomic mass is 16.5. The lowest BCUT2D eigenvalue weighted by molar-refractivity contribution is 0.0949. The molecule has 0 saturated carbocycles. The Bertz CT molecular complexity index is 1060. The predicted molar refractivity (Wildman–Crippen MR) is 121 cm³/mol. The number of hydrogen-bond acceptors (Lipinski definition) is 5. The molecule has 0 radical (unpaired) electrons. The van der Waals surface area contributed by atoms with Gasteiger partial charge in [0.1, 0.15) is 11.5 Å². The summed E-state index contributed by atoms with van der Waals surface area (Å²) in [7, 11) is 1.59. The van der Waals surface area contributed by atoms with E-state index in [2.05, 4.69) is 5.32 Å². The number of rotatable bonds is 10. The van der Waals surface area contributed by atoms with Crippen LogP contribution in [0.1, 0.15) is 39.6 Å². The molecule has 0 aliphatic carbocycles. The van der Waals surface area contributed by atoms with Crippen LogP contribution in [-0.4, -0.2) is 25.5 Å². The van der Waals surface area contributed by atoms with E-state index in [4.69, 9.17) is 19.9 Å². The van der Waals surface area contributed by atoms with Crippen LogP contribution in [0.3, 0.4) is 0 Å². The highest BCUT2D eigenvalue weighted by Gasteiger charge is 2.09. The normalized spacial score (nSPS) is 10.3. The molecule has 0 aliphatic heterocycles. The molecular weight excluding hydrogens is 408 g/mol. The number of methoxy groups -OCH3 is 1. The molecule has 0 fully saturated rings. The van der Waals surface area contributed by atoms with Gasteiger partial charge in [0, 0.05) is 17.7 Å². The molecule has 3 aromatic rings. The maximum atomic E-state index is 12.5. The first-order chi connectivity index (χ1) is 15.5. The van der Waals surface area contributed by atoms with Gasteiger partial charge >= 0.3 is 0 Å². The molecule has 32 heavy (non-hydrogen) atoms. The zero-order valence-corrected chi connectivity index (χ0v) is 18.1. The number of carbonyl (C=O) groups is 2. The van der Waals surface area contributed by atoms with Gasteiger partial charge in [0.05, 0.1) is 13.7 Å². The van der Waals surface area contributed by atoms with Crippen LogP contribution in [0, 0.1) is 0 Å². The average Bonchev–Trinajstić information content (AvgIpc) is 2.82. The minimum absolute atomic E-state index is 0.201. The van der Waals surface area contributed by atoms with Gasteiger partial charge < -0.3 is 25.3 Å². The van der Waals surface area contributed by atoms with Crippen LogP contribution >= 0.6 is 0 Å². The van der Waals surface area contributed by atoms with Crippen molar-refractivity contribution in [1.82, 2.24) is 5.32 Å². The van der Waals surface area contributed by atoms with Gasteiger partial charge in [-0.1, -0.05) is 13.0 Å². The SMILES string of the molecule is CCCOc1ccc(CNC(=O)c2ccc(Oc3ccc(C(N)=O)cc3)cc2)cc1OC. The second kappa shape index (κ2) is 10.9. The zero-order chi connectivity index (χ0) is 22.9. The van der Waals surface area contributed by atoms with Gasteiger partial charge in [0.15, 0.2) is 11.5 Å². The van der Waals surface area contributed by atoms with Crippen molar-refractivity contribution in [1.29, 1.82) is 0 Å². The fourth-order valence-corrected chi connectivity index (χ4v) is 2.94. The number of nitrogens with one attached hydrogen (secondary N) is 1. The Morgan fingerprint density at radius 2 is 1.50 bits per heavy atom. The van der Waals surface area contributed by atoms with E-state index in [-0.39, 0.29) is 5.91 Å². The smallest absolute Gasteiger partial charge is 0.251 e. The highest BCUT2D eigenvalue weighted by Crippen LogP contribution is 2.28. The van der Waals surface area contributed by atoms with Gasteiger partial charge in [0.25, 0.3) is 5.91 Å². The van der Waals surface area contributed by atoms with Gasteiger partial charge in [-0.3, -0.25) is 9.59 Å². The molecule has 0 aromatic heterocycles. The molecule has 0 spiro atoms. The zero-order valence-electron chi connectivity index (χ0n) is 18.1. The molecule has 0 atom stereocenters. The third-order valence-electron chi connectivity index (χ3n) is 4.63. The van der Waals surface area contributed by atoms with Crippen molar-refractivity contribution in [2.75, 3.05) is 13.7 Å². The van der Waals surface area contributed by atoms with Crippen molar-refractivity contribution >= 4 is 11.8 Å². The third kappa shape index (κ3) is 6.01. The summed E-state index contributed by atoms with van der Waals surface area (Å²) in [6.45, 7) is 3.01. The first-order valence-electron chi connectivity index (χ1n) is 10.3. The van der Waals surface area contributed by atoms with Crippen LogP contribution in [0.15, 0.2) is 66.7 Å². The molecule has 3 rings (SSSR count). The van der Waals surface area contributed by atoms with E-state index >= 15 is 0 Å². The fraction of sp³-hybridized carbons (Fsp3) is 0.200. The van der Waals surface area contributed by atoms with Crippen LogP contribution in [-0.2, 0) is 6.54 Å². The van der Waals surface area contributed by atoms with Crippen molar-refractivity contribution in [3.05, 3.63) is 83.4 Å². The van der Waals surface area contributed by atoms with Crippen LogP contribution in [0.4, 0.5) is 0 Å². The van der Waals surface area contributed by atoms with Gasteiger partial charge in [-0.05, 0) is 72.6 Å². The summed E-state index contributed by atoms with van der Waals surface area (Å²) >= 11 is 0. The second-order valence-electron chi connectivity index (χ2n) is 7.03. The molecule has 2 amide bonds. The van der Waals surface area contributed by atoms with Crippen molar-refractivity contribution in [3.8, 4) is 23.0 Å². The first kappa shape index (κ1) is 22.7. The predicted octanol–water partition coefficient (Wildman–Crippen LogP) is 4.31. The minimum Gasteiger partial charge on any atom is -0.493 e. The number of hydrogen-bond donors (Lipinski definition) is 2. The van der Waals surface area contributed by atoms with E-state index in [0.717, 1.165) is 12.0 Å². The summed E-state index contributed by atoms with van der Waals surface area (Å²) in [4.78, 5) is 23.6. The van der Waals surface area contributed by atoms with Crippen LogP contribution in [0.25, 0.3) is 0 Å². The van der Waals surface area contributed by atoms with Gasteiger partial charge in [-0.25, -0.2) is 0 Å². The Morgan fingerprint density at radius 1 is 0.875 bits per heavy atom. The number of primary amides is 1. The Kier molecular flexibility index (Phi) is 7.70. The standard InChI is InChI=1S/C25H26N2O5/c1-3-14-31-22-13-4-17(15-23(22)30-2)16-27-25(29)19-7-11-21(12-8-19)32-20-9-5-18(6-10-20)24(26)28/h4-13,15H,3,14,16H2,1-2H3,(H2,26,28)(H,27,29). The second-order valence-corrected chi connectivity index (χ2v) is 7.03.